The summed E-state index contributed by atoms with van der Waals surface area (Å²) in [7, 11) is 0. The third-order valence-electron chi connectivity index (χ3n) is 7.24. The van der Waals surface area contributed by atoms with Crippen molar-refractivity contribution in [3.8, 4) is 0 Å². The van der Waals surface area contributed by atoms with Crippen LogP contribution < -0.4 is 5.32 Å². The molecule has 0 unspecified atom stereocenters. The van der Waals surface area contributed by atoms with Crippen LogP contribution in [0.5, 0.6) is 0 Å². The van der Waals surface area contributed by atoms with Gasteiger partial charge in [-0.25, -0.2) is 0 Å². The van der Waals surface area contributed by atoms with E-state index in [0.29, 0.717) is 22.9 Å². The summed E-state index contributed by atoms with van der Waals surface area (Å²) in [5.41, 5.74) is 0.0194. The van der Waals surface area contributed by atoms with E-state index in [1.807, 2.05) is 0 Å². The molecular formula is C22H39NO2Se. The van der Waals surface area contributed by atoms with Crippen molar-refractivity contribution < 1.29 is 9.59 Å². The molecule has 0 spiro atoms. The standard InChI is InChI=1S/C22H39NO2Se/c1-7-10-16(23-18(24)12-9-3)17(11-8-2)26-19-15-13-14-22(6,20(19)25)21(15,4)5/h15-17,19H,7-14H2,1-6H3,(H,23,24)/t15-,16+,17-,19+,22+/m1/s1. The molecular weight excluding hydrogens is 389 g/mol. The molecule has 0 aromatic rings. The van der Waals surface area contributed by atoms with Crippen LogP contribution in [0, 0.1) is 16.7 Å². The number of carbonyl (C=O) groups is 2. The van der Waals surface area contributed by atoms with E-state index in [9.17, 15) is 9.59 Å². The number of rotatable bonds is 10. The van der Waals surface area contributed by atoms with Gasteiger partial charge in [-0.3, -0.25) is 0 Å². The molecule has 1 N–H and O–H groups in total. The van der Waals surface area contributed by atoms with Crippen LogP contribution in [0.3, 0.4) is 0 Å². The molecule has 2 bridgehead atoms. The van der Waals surface area contributed by atoms with Crippen LogP contribution in [0.4, 0.5) is 0 Å². The first-order valence-corrected chi connectivity index (χ1v) is 12.7. The van der Waals surface area contributed by atoms with Gasteiger partial charge in [0.1, 0.15) is 0 Å². The van der Waals surface area contributed by atoms with Gasteiger partial charge in [0.05, 0.1) is 0 Å². The average Bonchev–Trinajstić information content (AvgIpc) is 2.88. The van der Waals surface area contributed by atoms with Gasteiger partial charge in [0.25, 0.3) is 0 Å². The first kappa shape index (κ1) is 22.0. The summed E-state index contributed by atoms with van der Waals surface area (Å²) < 4.78 is 0. The van der Waals surface area contributed by atoms with Gasteiger partial charge in [-0.2, -0.15) is 0 Å². The first-order valence-electron chi connectivity index (χ1n) is 10.7. The fourth-order valence-corrected chi connectivity index (χ4v) is 9.76. The van der Waals surface area contributed by atoms with Crippen molar-refractivity contribution >= 4 is 26.6 Å². The van der Waals surface area contributed by atoms with Crippen molar-refractivity contribution in [3.05, 3.63) is 0 Å². The van der Waals surface area contributed by atoms with E-state index < -0.39 is 0 Å². The Labute approximate surface area is 167 Å². The maximum absolute atomic E-state index is 13.3. The van der Waals surface area contributed by atoms with Crippen LogP contribution in [-0.4, -0.2) is 32.7 Å². The summed E-state index contributed by atoms with van der Waals surface area (Å²) in [6, 6.07) is 0.252. The quantitative estimate of drug-likeness (QED) is 0.488. The normalized spacial score (nSPS) is 31.8. The molecule has 0 aliphatic heterocycles. The predicted molar refractivity (Wildman–Crippen MR) is 110 cm³/mol. The van der Waals surface area contributed by atoms with Gasteiger partial charge in [-0.15, -0.1) is 0 Å². The summed E-state index contributed by atoms with van der Waals surface area (Å²) in [6.45, 7) is 13.3. The summed E-state index contributed by atoms with van der Waals surface area (Å²) in [5, 5.41) is 3.33. The molecule has 0 heterocycles. The molecule has 2 aliphatic rings. The van der Waals surface area contributed by atoms with Crippen LogP contribution in [0.1, 0.15) is 92.9 Å². The summed E-state index contributed by atoms with van der Waals surface area (Å²) in [6.07, 6.45) is 8.16. The molecule has 0 radical (unpaired) electrons. The summed E-state index contributed by atoms with van der Waals surface area (Å²) in [5.74, 6) is 1.28. The first-order chi connectivity index (χ1) is 12.2. The van der Waals surface area contributed by atoms with E-state index >= 15 is 0 Å². The predicted octanol–water partition coefficient (Wildman–Crippen LogP) is 5.18. The van der Waals surface area contributed by atoms with Crippen molar-refractivity contribution in [2.45, 2.75) is 109 Å². The minimum atomic E-state index is -0.118. The van der Waals surface area contributed by atoms with Crippen molar-refractivity contribution in [1.29, 1.82) is 0 Å². The molecule has 2 rings (SSSR count). The van der Waals surface area contributed by atoms with Crippen molar-refractivity contribution in [3.63, 3.8) is 0 Å². The number of nitrogens with one attached hydrogen (secondary N) is 1. The molecule has 1 amide bonds. The summed E-state index contributed by atoms with van der Waals surface area (Å²) >= 11 is 0.270. The zero-order valence-electron chi connectivity index (χ0n) is 17.7. The van der Waals surface area contributed by atoms with E-state index in [2.05, 4.69) is 46.9 Å². The van der Waals surface area contributed by atoms with E-state index in [-0.39, 0.29) is 42.6 Å². The number of ketones is 1. The Balaban J connectivity index is 2.16. The second-order valence-corrected chi connectivity index (χ2v) is 12.1. The van der Waals surface area contributed by atoms with Crippen LogP contribution in [0.2, 0.25) is 9.63 Å². The van der Waals surface area contributed by atoms with Crippen molar-refractivity contribution in [2.75, 3.05) is 0 Å². The van der Waals surface area contributed by atoms with Crippen LogP contribution in [0.25, 0.3) is 0 Å². The zero-order valence-corrected chi connectivity index (χ0v) is 19.4. The van der Waals surface area contributed by atoms with E-state index in [1.165, 1.54) is 6.42 Å². The second kappa shape index (κ2) is 8.78. The minimum absolute atomic E-state index is 0.118. The number of fused-ring (bicyclic) bond motifs is 2. The van der Waals surface area contributed by atoms with Crippen LogP contribution in [-0.2, 0) is 9.59 Å². The van der Waals surface area contributed by atoms with Gasteiger partial charge >= 0.3 is 167 Å². The molecule has 3 nitrogen and oxygen atoms in total. The second-order valence-electron chi connectivity index (χ2n) is 9.16. The number of hydrogen-bond donors (Lipinski definition) is 1. The maximum atomic E-state index is 13.3. The molecule has 4 heteroatoms. The molecule has 0 aromatic heterocycles. The molecule has 26 heavy (non-hydrogen) atoms. The van der Waals surface area contributed by atoms with Crippen LogP contribution in [0.15, 0.2) is 0 Å². The molecule has 0 saturated heterocycles. The molecule has 150 valence electrons. The third kappa shape index (κ3) is 3.92. The topological polar surface area (TPSA) is 46.2 Å². The van der Waals surface area contributed by atoms with E-state index in [4.69, 9.17) is 0 Å². The number of amides is 1. The van der Waals surface area contributed by atoms with Crippen molar-refractivity contribution in [2.24, 2.45) is 16.7 Å². The molecule has 2 saturated carbocycles. The Hall–Kier alpha value is -0.341. The van der Waals surface area contributed by atoms with Gasteiger partial charge in [0.15, 0.2) is 0 Å². The average molecular weight is 429 g/mol. The number of Topliss-reactive ketones (excluding diaryl/α,β-unsaturated/α-hetero) is 1. The number of carbonyl (C=O) groups excluding carboxylic acids is 2. The monoisotopic (exact) mass is 429 g/mol. The molecule has 2 fully saturated rings. The van der Waals surface area contributed by atoms with Gasteiger partial charge in [0.2, 0.25) is 0 Å². The van der Waals surface area contributed by atoms with E-state index in [0.717, 1.165) is 38.5 Å². The number of hydrogen-bond acceptors (Lipinski definition) is 2. The van der Waals surface area contributed by atoms with Gasteiger partial charge in [-0.05, 0) is 0 Å². The Morgan fingerprint density at radius 3 is 2.31 bits per heavy atom. The van der Waals surface area contributed by atoms with E-state index in [1.54, 1.807) is 0 Å². The molecule has 2 aliphatic carbocycles. The third-order valence-corrected chi connectivity index (χ3v) is 10.9. The Kier molecular flexibility index (Phi) is 7.41. The van der Waals surface area contributed by atoms with Gasteiger partial charge < -0.3 is 0 Å². The fraction of sp³-hybridized carbons (Fsp3) is 0.909. The fourth-order valence-electron chi connectivity index (χ4n) is 5.17. The van der Waals surface area contributed by atoms with Crippen molar-refractivity contribution in [1.82, 2.24) is 5.32 Å². The Morgan fingerprint density at radius 1 is 1.15 bits per heavy atom. The van der Waals surface area contributed by atoms with Gasteiger partial charge in [0, 0.05) is 0 Å². The SMILES string of the molecule is CCCC(=O)N[C@@H](CCC)[C@@H](CCC)[Se][C@@H]1C(=O)[C@]2(C)CC[C@H]1C2(C)C. The molecule has 0 aromatic carbocycles. The zero-order chi connectivity index (χ0) is 19.5. The van der Waals surface area contributed by atoms with Gasteiger partial charge in [-0.1, -0.05) is 0 Å². The Bertz CT molecular complexity index is 518. The van der Waals surface area contributed by atoms with Crippen LogP contribution >= 0.6 is 0 Å². The summed E-state index contributed by atoms with van der Waals surface area (Å²) in [4.78, 5) is 26.3. The Morgan fingerprint density at radius 2 is 1.81 bits per heavy atom. The molecule has 5 atom stereocenters.